The van der Waals surface area contributed by atoms with Crippen LogP contribution in [0.3, 0.4) is 0 Å². The Hall–Kier alpha value is -2.04. The van der Waals surface area contributed by atoms with E-state index in [9.17, 15) is 9.59 Å². The molecule has 1 saturated heterocycles. The maximum absolute atomic E-state index is 13.2. The summed E-state index contributed by atoms with van der Waals surface area (Å²) in [4.78, 5) is 29.7. The number of carbonyl (C=O) groups is 2. The van der Waals surface area contributed by atoms with E-state index in [0.29, 0.717) is 25.6 Å². The second kappa shape index (κ2) is 6.70. The molecule has 5 heteroatoms. The van der Waals surface area contributed by atoms with Crippen LogP contribution in [0.5, 0.6) is 5.75 Å². The molecular weight excluding hydrogens is 316 g/mol. The molecule has 0 spiro atoms. The molecule has 2 heterocycles. The van der Waals surface area contributed by atoms with Crippen molar-refractivity contribution >= 4 is 11.8 Å². The quantitative estimate of drug-likeness (QED) is 0.829. The van der Waals surface area contributed by atoms with Gasteiger partial charge in [0.2, 0.25) is 11.8 Å². The predicted octanol–water partition coefficient (Wildman–Crippen LogP) is 2.44. The third kappa shape index (κ3) is 3.24. The maximum atomic E-state index is 13.2. The number of benzene rings is 1. The molecule has 2 amide bonds. The van der Waals surface area contributed by atoms with Crippen LogP contribution in [0.2, 0.25) is 0 Å². The number of nitrogens with zero attached hydrogens (tertiary/aromatic N) is 2. The molecule has 2 fully saturated rings. The van der Waals surface area contributed by atoms with Gasteiger partial charge in [-0.1, -0.05) is 25.1 Å². The molecule has 2 aliphatic heterocycles. The van der Waals surface area contributed by atoms with Crippen LogP contribution in [-0.4, -0.2) is 47.4 Å². The Morgan fingerprint density at radius 2 is 1.92 bits per heavy atom. The standard InChI is InChI=1S/C20H26N2O3/c1-14-12-16(14)19(23)22-9-5-4-7-17(22)20(24)21-10-11-25-18-8-3-2-6-15(18)13-21/h2-3,6,8,14,16-17H,4-5,7,9-13H2,1H3. The summed E-state index contributed by atoms with van der Waals surface area (Å²) in [6.07, 6.45) is 3.77. The molecule has 25 heavy (non-hydrogen) atoms. The fourth-order valence-corrected chi connectivity index (χ4v) is 4.06. The summed E-state index contributed by atoms with van der Waals surface area (Å²) < 4.78 is 5.78. The first-order valence-corrected chi connectivity index (χ1v) is 9.45. The number of ether oxygens (including phenoxy) is 1. The first-order chi connectivity index (χ1) is 12.1. The van der Waals surface area contributed by atoms with Gasteiger partial charge in [0.25, 0.3) is 0 Å². The van der Waals surface area contributed by atoms with E-state index in [0.717, 1.165) is 43.5 Å². The Balaban J connectivity index is 1.51. The molecule has 1 aliphatic carbocycles. The van der Waals surface area contributed by atoms with Gasteiger partial charge in [0.15, 0.2) is 0 Å². The van der Waals surface area contributed by atoms with Crippen LogP contribution in [0.1, 0.15) is 38.2 Å². The third-order valence-electron chi connectivity index (χ3n) is 5.76. The Morgan fingerprint density at radius 1 is 1.12 bits per heavy atom. The average molecular weight is 342 g/mol. The van der Waals surface area contributed by atoms with Gasteiger partial charge < -0.3 is 14.5 Å². The largest absolute Gasteiger partial charge is 0.491 e. The smallest absolute Gasteiger partial charge is 0.245 e. The summed E-state index contributed by atoms with van der Waals surface area (Å²) in [6.45, 7) is 4.48. The molecule has 4 rings (SSSR count). The van der Waals surface area contributed by atoms with Gasteiger partial charge in [0.1, 0.15) is 18.4 Å². The number of para-hydroxylation sites is 1. The van der Waals surface area contributed by atoms with Crippen LogP contribution in [-0.2, 0) is 16.1 Å². The molecule has 0 aromatic heterocycles. The molecule has 3 aliphatic rings. The van der Waals surface area contributed by atoms with Gasteiger partial charge >= 0.3 is 0 Å². The van der Waals surface area contributed by atoms with Crippen molar-refractivity contribution in [3.63, 3.8) is 0 Å². The Morgan fingerprint density at radius 3 is 2.72 bits per heavy atom. The summed E-state index contributed by atoms with van der Waals surface area (Å²) in [5.74, 6) is 1.75. The van der Waals surface area contributed by atoms with Gasteiger partial charge in [-0.05, 0) is 37.7 Å². The minimum Gasteiger partial charge on any atom is -0.491 e. The van der Waals surface area contributed by atoms with E-state index in [-0.39, 0.29) is 23.8 Å². The Labute approximate surface area is 148 Å². The van der Waals surface area contributed by atoms with Gasteiger partial charge in [-0.25, -0.2) is 0 Å². The molecule has 0 radical (unpaired) electrons. The molecule has 3 atom stereocenters. The zero-order chi connectivity index (χ0) is 17.4. The maximum Gasteiger partial charge on any atom is 0.245 e. The van der Waals surface area contributed by atoms with Crippen LogP contribution in [0.4, 0.5) is 0 Å². The second-order valence-electron chi connectivity index (χ2n) is 7.58. The lowest BCUT2D eigenvalue weighted by atomic mass is 9.99. The van der Waals surface area contributed by atoms with Crippen molar-refractivity contribution in [2.45, 2.75) is 45.2 Å². The van der Waals surface area contributed by atoms with E-state index in [1.54, 1.807) is 0 Å². The van der Waals surface area contributed by atoms with Crippen LogP contribution in [0.25, 0.3) is 0 Å². The summed E-state index contributed by atoms with van der Waals surface area (Å²) in [5, 5.41) is 0. The van der Waals surface area contributed by atoms with E-state index in [4.69, 9.17) is 4.74 Å². The lowest BCUT2D eigenvalue weighted by molar-refractivity contribution is -0.149. The van der Waals surface area contributed by atoms with E-state index in [1.807, 2.05) is 34.1 Å². The lowest BCUT2D eigenvalue weighted by Crippen LogP contribution is -2.53. The highest BCUT2D eigenvalue weighted by Crippen LogP contribution is 2.40. The first kappa shape index (κ1) is 16.4. The Bertz CT molecular complexity index is 675. The summed E-state index contributed by atoms with van der Waals surface area (Å²) in [6, 6.07) is 7.60. The van der Waals surface area contributed by atoms with Crippen molar-refractivity contribution in [3.8, 4) is 5.75 Å². The summed E-state index contributed by atoms with van der Waals surface area (Å²) in [5.41, 5.74) is 1.04. The normalized spacial score (nSPS) is 28.6. The number of fused-ring (bicyclic) bond motifs is 1. The van der Waals surface area contributed by atoms with Crippen LogP contribution in [0.15, 0.2) is 24.3 Å². The van der Waals surface area contributed by atoms with Crippen LogP contribution < -0.4 is 4.74 Å². The van der Waals surface area contributed by atoms with Crippen molar-refractivity contribution < 1.29 is 14.3 Å². The van der Waals surface area contributed by atoms with E-state index in [2.05, 4.69) is 6.92 Å². The minimum atomic E-state index is -0.292. The molecular formula is C20H26N2O3. The summed E-state index contributed by atoms with van der Waals surface area (Å²) >= 11 is 0. The zero-order valence-electron chi connectivity index (χ0n) is 14.8. The molecule has 3 unspecified atom stereocenters. The molecule has 0 bridgehead atoms. The minimum absolute atomic E-state index is 0.0849. The highest BCUT2D eigenvalue weighted by atomic mass is 16.5. The third-order valence-corrected chi connectivity index (χ3v) is 5.76. The number of rotatable bonds is 2. The summed E-state index contributed by atoms with van der Waals surface area (Å²) in [7, 11) is 0. The number of likely N-dealkylation sites (tertiary alicyclic amines) is 1. The molecule has 1 aromatic carbocycles. The van der Waals surface area contributed by atoms with E-state index >= 15 is 0 Å². The van der Waals surface area contributed by atoms with Gasteiger partial charge in [-0.3, -0.25) is 9.59 Å². The number of hydrogen-bond acceptors (Lipinski definition) is 3. The van der Waals surface area contributed by atoms with Crippen LogP contribution >= 0.6 is 0 Å². The number of amides is 2. The zero-order valence-corrected chi connectivity index (χ0v) is 14.8. The van der Waals surface area contributed by atoms with E-state index in [1.165, 1.54) is 0 Å². The van der Waals surface area contributed by atoms with Crippen molar-refractivity contribution in [3.05, 3.63) is 29.8 Å². The van der Waals surface area contributed by atoms with Gasteiger partial charge in [-0.15, -0.1) is 0 Å². The lowest BCUT2D eigenvalue weighted by Gasteiger charge is -2.37. The van der Waals surface area contributed by atoms with Crippen molar-refractivity contribution in [1.82, 2.24) is 9.80 Å². The fraction of sp³-hybridized carbons (Fsp3) is 0.600. The average Bonchev–Trinajstić information content (AvgIpc) is 3.41. The number of carbonyl (C=O) groups excluding carboxylic acids is 2. The van der Waals surface area contributed by atoms with Gasteiger partial charge in [-0.2, -0.15) is 0 Å². The first-order valence-electron chi connectivity index (χ1n) is 9.45. The SMILES string of the molecule is CC1CC1C(=O)N1CCCCC1C(=O)N1CCOc2ccccc2C1. The number of piperidine rings is 1. The molecule has 1 aromatic rings. The monoisotopic (exact) mass is 342 g/mol. The molecule has 5 nitrogen and oxygen atoms in total. The highest BCUT2D eigenvalue weighted by molar-refractivity contribution is 5.90. The molecule has 0 N–H and O–H groups in total. The number of hydrogen-bond donors (Lipinski definition) is 0. The van der Waals surface area contributed by atoms with Gasteiger partial charge in [0, 0.05) is 24.6 Å². The van der Waals surface area contributed by atoms with Crippen molar-refractivity contribution in [2.75, 3.05) is 19.7 Å². The van der Waals surface area contributed by atoms with Crippen LogP contribution in [0, 0.1) is 11.8 Å². The molecule has 134 valence electrons. The highest BCUT2D eigenvalue weighted by Gasteiger charge is 2.45. The molecule has 1 saturated carbocycles. The fourth-order valence-electron chi connectivity index (χ4n) is 4.06. The second-order valence-corrected chi connectivity index (χ2v) is 7.58. The van der Waals surface area contributed by atoms with Gasteiger partial charge in [0.05, 0.1) is 6.54 Å². The topological polar surface area (TPSA) is 49.9 Å². The van der Waals surface area contributed by atoms with Crippen molar-refractivity contribution in [2.24, 2.45) is 11.8 Å². The van der Waals surface area contributed by atoms with E-state index < -0.39 is 0 Å². The van der Waals surface area contributed by atoms with Crippen molar-refractivity contribution in [1.29, 1.82) is 0 Å². The predicted molar refractivity (Wildman–Crippen MR) is 94.0 cm³/mol. The Kier molecular flexibility index (Phi) is 4.40.